The van der Waals surface area contributed by atoms with Crippen molar-refractivity contribution in [1.82, 2.24) is 24.2 Å². The van der Waals surface area contributed by atoms with Crippen molar-refractivity contribution in [2.75, 3.05) is 31.6 Å². The van der Waals surface area contributed by atoms with Crippen molar-refractivity contribution in [3.05, 3.63) is 78.0 Å². The predicted molar refractivity (Wildman–Crippen MR) is 137 cm³/mol. The van der Waals surface area contributed by atoms with Gasteiger partial charge in [-0.1, -0.05) is 37.3 Å². The molecule has 182 valence electrons. The average Bonchev–Trinajstić information content (AvgIpc) is 3.31. The largest absolute Gasteiger partial charge is 0.371 e. The number of hydrogen-bond acceptors (Lipinski definition) is 6. The molecule has 0 bridgehead atoms. The van der Waals surface area contributed by atoms with Crippen LogP contribution in [0.5, 0.6) is 0 Å². The van der Waals surface area contributed by atoms with Gasteiger partial charge in [0.15, 0.2) is 0 Å². The van der Waals surface area contributed by atoms with E-state index in [1.54, 1.807) is 6.20 Å². The predicted octanol–water partition coefficient (Wildman–Crippen LogP) is 3.76. The van der Waals surface area contributed by atoms with Crippen LogP contribution in [0.4, 0.5) is 11.6 Å². The van der Waals surface area contributed by atoms with E-state index < -0.39 is 11.3 Å². The third kappa shape index (κ3) is 5.58. The Hall–Kier alpha value is -3.15. The lowest BCUT2D eigenvalue weighted by molar-refractivity contribution is -0.0281. The van der Waals surface area contributed by atoms with Crippen LogP contribution in [0.25, 0.3) is 16.8 Å². The van der Waals surface area contributed by atoms with Gasteiger partial charge in [-0.25, -0.2) is 18.4 Å². The van der Waals surface area contributed by atoms with Crippen LogP contribution in [0.15, 0.2) is 66.9 Å². The molecule has 0 saturated carbocycles. The average molecular weight is 493 g/mol. The third-order valence-electron chi connectivity index (χ3n) is 6.16. The second-order valence-electron chi connectivity index (χ2n) is 8.41. The molecule has 0 radical (unpaired) electrons. The van der Waals surface area contributed by atoms with Crippen LogP contribution in [0.2, 0.25) is 0 Å². The number of morpholine rings is 1. The van der Waals surface area contributed by atoms with Crippen LogP contribution in [-0.2, 0) is 22.5 Å². The lowest BCUT2D eigenvalue weighted by atomic mass is 10.1. The van der Waals surface area contributed by atoms with Crippen molar-refractivity contribution >= 4 is 28.4 Å². The van der Waals surface area contributed by atoms with E-state index in [-0.39, 0.29) is 6.10 Å². The van der Waals surface area contributed by atoms with Gasteiger partial charge in [-0.15, -0.1) is 5.10 Å². The fourth-order valence-electron chi connectivity index (χ4n) is 4.26. The summed E-state index contributed by atoms with van der Waals surface area (Å²) in [4.78, 5) is 6.86. The van der Waals surface area contributed by atoms with Crippen LogP contribution >= 0.6 is 0 Å². The van der Waals surface area contributed by atoms with Gasteiger partial charge < -0.3 is 10.1 Å². The van der Waals surface area contributed by atoms with E-state index in [9.17, 15) is 4.21 Å². The highest BCUT2D eigenvalue weighted by Crippen LogP contribution is 2.26. The molecule has 0 aliphatic carbocycles. The first-order valence-electron chi connectivity index (χ1n) is 11.6. The Morgan fingerprint density at radius 3 is 2.83 bits per heavy atom. The number of benzene rings is 2. The highest BCUT2D eigenvalue weighted by atomic mass is 32.2. The molecule has 4 aromatic rings. The summed E-state index contributed by atoms with van der Waals surface area (Å²) >= 11 is -2.05. The van der Waals surface area contributed by atoms with E-state index in [0.29, 0.717) is 12.5 Å². The van der Waals surface area contributed by atoms with E-state index in [2.05, 4.69) is 39.0 Å². The van der Waals surface area contributed by atoms with E-state index in [1.807, 2.05) is 53.0 Å². The maximum atomic E-state index is 10.9. The first-order chi connectivity index (χ1) is 17.1. The smallest absolute Gasteiger partial charge is 0.245 e. The number of nitrogens with zero attached hydrogens (tertiary/aromatic N) is 4. The Bertz CT molecular complexity index is 1330. The second kappa shape index (κ2) is 10.6. The Balaban J connectivity index is 1.34. The first-order valence-corrected chi connectivity index (χ1v) is 12.7. The number of aromatic nitrogens is 3. The van der Waals surface area contributed by atoms with Crippen molar-refractivity contribution in [2.45, 2.75) is 19.6 Å². The molecule has 1 fully saturated rings. The topological polar surface area (TPSA) is 104 Å². The molecule has 2 atom stereocenters. The minimum atomic E-state index is -2.05. The second-order valence-corrected chi connectivity index (χ2v) is 9.19. The van der Waals surface area contributed by atoms with Gasteiger partial charge in [-0.3, -0.25) is 9.45 Å². The van der Waals surface area contributed by atoms with E-state index in [4.69, 9.17) is 14.4 Å². The molecule has 10 heteroatoms. The number of fused-ring (bicyclic) bond motifs is 1. The molecule has 1 aliphatic rings. The number of likely N-dealkylation sites (N-methyl/N-ethyl adjacent to an activating group) is 1. The van der Waals surface area contributed by atoms with Crippen molar-refractivity contribution in [3.8, 4) is 11.3 Å². The molecule has 9 nitrogen and oxygen atoms in total. The van der Waals surface area contributed by atoms with Crippen LogP contribution in [-0.4, -0.2) is 54.5 Å². The van der Waals surface area contributed by atoms with Gasteiger partial charge in [0, 0.05) is 30.9 Å². The first kappa shape index (κ1) is 23.6. The molecule has 0 amide bonds. The number of hydrogen-bond donors (Lipinski definition) is 3. The number of rotatable bonds is 8. The quantitative estimate of drug-likeness (QED) is 0.322. The minimum Gasteiger partial charge on any atom is -0.371 e. The molecule has 3 N–H and O–H groups in total. The maximum absolute atomic E-state index is 10.9. The fraction of sp³-hybridized carbons (Fsp3) is 0.280. The molecular formula is C25H28N6O3S. The number of nitrogens with one attached hydrogen (secondary N) is 2. The fourth-order valence-corrected chi connectivity index (χ4v) is 4.55. The van der Waals surface area contributed by atoms with Crippen LogP contribution in [0.3, 0.4) is 0 Å². The summed E-state index contributed by atoms with van der Waals surface area (Å²) in [6.45, 7) is 6.15. The summed E-state index contributed by atoms with van der Waals surface area (Å²) < 4.78 is 30.2. The van der Waals surface area contributed by atoms with Gasteiger partial charge >= 0.3 is 0 Å². The van der Waals surface area contributed by atoms with Crippen molar-refractivity contribution in [1.29, 1.82) is 0 Å². The van der Waals surface area contributed by atoms with Crippen molar-refractivity contribution < 1.29 is 13.5 Å². The molecule has 5 rings (SSSR count). The normalized spacial score (nSPS) is 17.5. The number of anilines is 2. The lowest BCUT2D eigenvalue weighted by Crippen LogP contribution is -2.38. The van der Waals surface area contributed by atoms with Crippen molar-refractivity contribution in [2.24, 2.45) is 0 Å². The minimum absolute atomic E-state index is 0.0936. The molecule has 3 heterocycles. The molecule has 2 aromatic carbocycles. The third-order valence-corrected chi connectivity index (χ3v) is 6.55. The highest BCUT2D eigenvalue weighted by molar-refractivity contribution is 7.77. The molecular weight excluding hydrogens is 464 g/mol. The van der Waals surface area contributed by atoms with Crippen LogP contribution in [0, 0.1) is 0 Å². The lowest BCUT2D eigenvalue weighted by Gasteiger charge is -2.32. The van der Waals surface area contributed by atoms with Gasteiger partial charge in [0.25, 0.3) is 0 Å². The Morgan fingerprint density at radius 1 is 1.17 bits per heavy atom. The van der Waals surface area contributed by atoms with Gasteiger partial charge in [-0.2, -0.15) is 0 Å². The maximum Gasteiger partial charge on any atom is 0.245 e. The summed E-state index contributed by atoms with van der Waals surface area (Å²) in [7, 11) is 0. The Kier molecular flexibility index (Phi) is 7.16. The standard InChI is InChI=1S/C25H28N6O3S/c1-2-30-12-13-34-24(17-30)19-6-8-21(9-7-19)28-25-26-16-22-10-11-23(31(22)29-25)20-5-3-4-18(14-20)15-27-35(32)33/h3-11,14,16,24,27H,2,12-13,15,17H2,1H3,(H,28,29)(H,32,33). The van der Waals surface area contributed by atoms with Crippen LogP contribution < -0.4 is 10.0 Å². The van der Waals surface area contributed by atoms with Gasteiger partial charge in [0.1, 0.15) is 0 Å². The zero-order chi connectivity index (χ0) is 24.2. The van der Waals surface area contributed by atoms with Crippen molar-refractivity contribution in [3.63, 3.8) is 0 Å². The van der Waals surface area contributed by atoms with Crippen LogP contribution in [0.1, 0.15) is 24.2 Å². The molecule has 2 aromatic heterocycles. The molecule has 0 spiro atoms. The van der Waals surface area contributed by atoms with E-state index in [1.165, 1.54) is 0 Å². The summed E-state index contributed by atoms with van der Waals surface area (Å²) in [5, 5.41) is 8.00. The zero-order valence-corrected chi connectivity index (χ0v) is 20.2. The summed E-state index contributed by atoms with van der Waals surface area (Å²) in [5.41, 5.74) is 5.69. The Labute approximate surface area is 206 Å². The molecule has 1 saturated heterocycles. The van der Waals surface area contributed by atoms with Gasteiger partial charge in [-0.05, 0) is 48.0 Å². The molecule has 2 unspecified atom stereocenters. The Morgan fingerprint density at radius 2 is 2.03 bits per heavy atom. The van der Waals surface area contributed by atoms with Gasteiger partial charge in [0.2, 0.25) is 17.2 Å². The summed E-state index contributed by atoms with van der Waals surface area (Å²) in [5.74, 6) is 0.488. The summed E-state index contributed by atoms with van der Waals surface area (Å²) in [6.07, 6.45) is 1.87. The van der Waals surface area contributed by atoms with E-state index >= 15 is 0 Å². The molecule has 35 heavy (non-hydrogen) atoms. The van der Waals surface area contributed by atoms with Gasteiger partial charge in [0.05, 0.1) is 30.1 Å². The summed E-state index contributed by atoms with van der Waals surface area (Å²) in [6, 6.07) is 20.0. The zero-order valence-electron chi connectivity index (χ0n) is 19.4. The molecule has 1 aliphatic heterocycles. The monoisotopic (exact) mass is 492 g/mol. The SMILES string of the molecule is CCN1CCOC(c2ccc(Nc3ncc4ccc(-c5cccc(CNS(=O)O)c5)n4n3)cc2)C1. The highest BCUT2D eigenvalue weighted by Gasteiger charge is 2.20. The number of ether oxygens (including phenoxy) is 1. The van der Waals surface area contributed by atoms with E-state index in [0.717, 1.165) is 59.8 Å².